The molecule has 0 fully saturated rings. The number of rotatable bonds is 4. The van der Waals surface area contributed by atoms with Crippen molar-refractivity contribution in [3.63, 3.8) is 0 Å². The summed E-state index contributed by atoms with van der Waals surface area (Å²) in [4.78, 5) is 14.7. The molecule has 0 amide bonds. The first-order valence-electron chi connectivity index (χ1n) is 12.5. The van der Waals surface area contributed by atoms with E-state index in [0.29, 0.717) is 11.6 Å². The van der Waals surface area contributed by atoms with Crippen molar-refractivity contribution in [2.75, 3.05) is 0 Å². The summed E-state index contributed by atoms with van der Waals surface area (Å²) in [6, 6.07) is 34.9. The summed E-state index contributed by atoms with van der Waals surface area (Å²) in [5.74, 6) is 2.03. The van der Waals surface area contributed by atoms with Gasteiger partial charge in [0.15, 0.2) is 17.5 Å². The van der Waals surface area contributed by atoms with Crippen LogP contribution in [0.2, 0.25) is 0 Å². The fourth-order valence-corrected chi connectivity index (χ4v) is 4.95. The summed E-state index contributed by atoms with van der Waals surface area (Å²) < 4.78 is 6.14. The van der Waals surface area contributed by atoms with Gasteiger partial charge in [-0.3, -0.25) is 0 Å². The first-order valence-corrected chi connectivity index (χ1v) is 12.5. The highest BCUT2D eigenvalue weighted by molar-refractivity contribution is 6.05. The van der Waals surface area contributed by atoms with E-state index in [-0.39, 0.29) is 0 Å². The molecule has 0 saturated carbocycles. The third-order valence-corrected chi connectivity index (χ3v) is 6.89. The number of hydrogen-bond donors (Lipinski definition) is 0. The molecule has 2 aromatic heterocycles. The first kappa shape index (κ1) is 21.5. The number of para-hydroxylation sites is 1. The van der Waals surface area contributed by atoms with Gasteiger partial charge in [0.1, 0.15) is 11.2 Å². The van der Waals surface area contributed by atoms with E-state index < -0.39 is 0 Å². The molecule has 0 aliphatic heterocycles. The SMILES string of the molecule is C1=C(c2ccccc2)CCC(c2nc(-c3ccccc3)nc(-c3ccc4c(c3)oc3ccccc34)n2)=C1. The van der Waals surface area contributed by atoms with Crippen molar-refractivity contribution in [2.45, 2.75) is 12.8 Å². The summed E-state index contributed by atoms with van der Waals surface area (Å²) in [5.41, 5.74) is 7.29. The van der Waals surface area contributed by atoms with Crippen LogP contribution in [-0.2, 0) is 0 Å². The van der Waals surface area contributed by atoms with Gasteiger partial charge in [-0.2, -0.15) is 0 Å². The van der Waals surface area contributed by atoms with Crippen LogP contribution in [0.3, 0.4) is 0 Å². The van der Waals surface area contributed by atoms with Gasteiger partial charge in [0.25, 0.3) is 0 Å². The van der Waals surface area contributed by atoms with Gasteiger partial charge in [-0.25, -0.2) is 15.0 Å². The molecule has 4 aromatic carbocycles. The van der Waals surface area contributed by atoms with Crippen LogP contribution in [-0.4, -0.2) is 15.0 Å². The van der Waals surface area contributed by atoms with E-state index in [2.05, 4.69) is 54.6 Å². The van der Waals surface area contributed by atoms with Crippen molar-refractivity contribution in [1.29, 1.82) is 0 Å². The molecule has 1 aliphatic carbocycles. The van der Waals surface area contributed by atoms with Gasteiger partial charge in [0, 0.05) is 21.9 Å². The van der Waals surface area contributed by atoms with Gasteiger partial charge < -0.3 is 4.42 Å². The molecule has 37 heavy (non-hydrogen) atoms. The highest BCUT2D eigenvalue weighted by Crippen LogP contribution is 2.34. The lowest BCUT2D eigenvalue weighted by atomic mass is 9.93. The molecule has 2 heterocycles. The van der Waals surface area contributed by atoms with E-state index in [1.165, 1.54) is 11.1 Å². The molecule has 0 spiro atoms. The molecule has 4 nitrogen and oxygen atoms in total. The summed E-state index contributed by atoms with van der Waals surface area (Å²) in [7, 11) is 0. The smallest absolute Gasteiger partial charge is 0.164 e. The maximum absolute atomic E-state index is 6.14. The summed E-state index contributed by atoms with van der Waals surface area (Å²) in [6.07, 6.45) is 6.17. The van der Waals surface area contributed by atoms with Crippen LogP contribution in [0.25, 0.3) is 55.9 Å². The average Bonchev–Trinajstić information content (AvgIpc) is 3.36. The molecule has 0 saturated heterocycles. The monoisotopic (exact) mass is 477 g/mol. The second-order valence-electron chi connectivity index (χ2n) is 9.23. The Morgan fingerprint density at radius 2 is 1.05 bits per heavy atom. The number of fused-ring (bicyclic) bond motifs is 3. The van der Waals surface area contributed by atoms with Crippen LogP contribution in [0.15, 0.2) is 120 Å². The maximum Gasteiger partial charge on any atom is 0.164 e. The molecular weight excluding hydrogens is 454 g/mol. The summed E-state index contributed by atoms with van der Waals surface area (Å²) >= 11 is 0. The highest BCUT2D eigenvalue weighted by atomic mass is 16.3. The fraction of sp³-hybridized carbons (Fsp3) is 0.0606. The van der Waals surface area contributed by atoms with Gasteiger partial charge in [-0.05, 0) is 47.8 Å². The van der Waals surface area contributed by atoms with E-state index in [4.69, 9.17) is 19.4 Å². The van der Waals surface area contributed by atoms with E-state index in [1.807, 2.05) is 60.7 Å². The van der Waals surface area contributed by atoms with E-state index in [0.717, 1.165) is 57.3 Å². The molecule has 4 heteroatoms. The first-order chi connectivity index (χ1) is 18.3. The van der Waals surface area contributed by atoms with Crippen molar-refractivity contribution in [3.05, 3.63) is 127 Å². The van der Waals surface area contributed by atoms with Crippen LogP contribution >= 0.6 is 0 Å². The zero-order valence-corrected chi connectivity index (χ0v) is 20.1. The normalized spacial score (nSPS) is 13.5. The Balaban J connectivity index is 1.35. The minimum atomic E-state index is 0.643. The fourth-order valence-electron chi connectivity index (χ4n) is 4.95. The van der Waals surface area contributed by atoms with Crippen LogP contribution in [0, 0.1) is 0 Å². The number of furan rings is 1. The molecule has 0 bridgehead atoms. The van der Waals surface area contributed by atoms with E-state index in [9.17, 15) is 0 Å². The third-order valence-electron chi connectivity index (χ3n) is 6.89. The quantitative estimate of drug-likeness (QED) is 0.256. The van der Waals surface area contributed by atoms with Crippen LogP contribution in [0.4, 0.5) is 0 Å². The van der Waals surface area contributed by atoms with Gasteiger partial charge >= 0.3 is 0 Å². The van der Waals surface area contributed by atoms with Crippen LogP contribution in [0.5, 0.6) is 0 Å². The molecule has 0 radical (unpaired) electrons. The molecule has 7 rings (SSSR count). The standard InChI is InChI=1S/C33H23N3O/c1-3-9-22(10-4-1)23-15-17-25(18-16-23)32-34-31(24-11-5-2-6-12-24)35-33(36-32)26-19-20-28-27-13-7-8-14-29(27)37-30(28)21-26/h1-15,17,19-21H,16,18H2. The van der Waals surface area contributed by atoms with Gasteiger partial charge in [0.2, 0.25) is 0 Å². The Morgan fingerprint density at radius 1 is 0.459 bits per heavy atom. The Morgan fingerprint density at radius 3 is 1.81 bits per heavy atom. The molecule has 0 unspecified atom stereocenters. The molecule has 176 valence electrons. The Hall–Kier alpha value is -4.83. The highest BCUT2D eigenvalue weighted by Gasteiger charge is 2.17. The van der Waals surface area contributed by atoms with Crippen LogP contribution < -0.4 is 0 Å². The maximum atomic E-state index is 6.14. The van der Waals surface area contributed by atoms with E-state index in [1.54, 1.807) is 0 Å². The van der Waals surface area contributed by atoms with Crippen molar-refractivity contribution in [3.8, 4) is 22.8 Å². The zero-order valence-electron chi connectivity index (χ0n) is 20.1. The van der Waals surface area contributed by atoms with Crippen LogP contribution in [0.1, 0.15) is 24.2 Å². The minimum Gasteiger partial charge on any atom is -0.456 e. The van der Waals surface area contributed by atoms with Crippen molar-refractivity contribution in [1.82, 2.24) is 15.0 Å². The van der Waals surface area contributed by atoms with Gasteiger partial charge in [-0.1, -0.05) is 97.1 Å². The molecule has 0 atom stereocenters. The number of allylic oxidation sites excluding steroid dienone is 4. The predicted molar refractivity (Wildman–Crippen MR) is 150 cm³/mol. The van der Waals surface area contributed by atoms with Gasteiger partial charge in [0.05, 0.1) is 0 Å². The summed E-state index contributed by atoms with van der Waals surface area (Å²) in [6.45, 7) is 0. The topological polar surface area (TPSA) is 51.8 Å². The number of benzene rings is 4. The largest absolute Gasteiger partial charge is 0.456 e. The summed E-state index contributed by atoms with van der Waals surface area (Å²) in [5, 5.41) is 2.20. The van der Waals surface area contributed by atoms with E-state index >= 15 is 0 Å². The average molecular weight is 478 g/mol. The lowest BCUT2D eigenvalue weighted by Gasteiger charge is -2.15. The zero-order chi connectivity index (χ0) is 24.6. The molecule has 0 N–H and O–H groups in total. The van der Waals surface area contributed by atoms with Crippen molar-refractivity contribution >= 4 is 33.1 Å². The van der Waals surface area contributed by atoms with Crippen molar-refractivity contribution < 1.29 is 4.42 Å². The van der Waals surface area contributed by atoms with Crippen molar-refractivity contribution in [2.24, 2.45) is 0 Å². The second kappa shape index (κ2) is 8.99. The Labute approximate surface area is 214 Å². The Bertz CT molecular complexity index is 1820. The second-order valence-corrected chi connectivity index (χ2v) is 9.23. The predicted octanol–water partition coefficient (Wildman–Crippen LogP) is 8.37. The molecule has 1 aliphatic rings. The number of hydrogen-bond acceptors (Lipinski definition) is 4. The Kier molecular flexibility index (Phi) is 5.21. The number of aromatic nitrogens is 3. The number of nitrogens with zero attached hydrogens (tertiary/aromatic N) is 3. The molecular formula is C33H23N3O. The lowest BCUT2D eigenvalue weighted by Crippen LogP contribution is -2.04. The third kappa shape index (κ3) is 4.03. The molecule has 6 aromatic rings. The lowest BCUT2D eigenvalue weighted by molar-refractivity contribution is 0.669. The minimum absolute atomic E-state index is 0.643. The van der Waals surface area contributed by atoms with Gasteiger partial charge in [-0.15, -0.1) is 0 Å².